The van der Waals surface area contributed by atoms with Gasteiger partial charge >= 0.3 is 0 Å². The standard InChI is InChI=1S/C10H10N4/c1-3-9(11-2)8-6-13-14-5-4-12-7-10(8)14/h1,4-7,9,11H,2H3. The minimum absolute atomic E-state index is 0.114. The maximum atomic E-state index is 5.40. The second-order valence-corrected chi connectivity index (χ2v) is 2.89. The monoisotopic (exact) mass is 186 g/mol. The van der Waals surface area contributed by atoms with Gasteiger partial charge in [-0.15, -0.1) is 6.42 Å². The van der Waals surface area contributed by atoms with Crippen molar-refractivity contribution in [2.75, 3.05) is 7.05 Å². The van der Waals surface area contributed by atoms with Gasteiger partial charge in [0.25, 0.3) is 0 Å². The second-order valence-electron chi connectivity index (χ2n) is 2.89. The first-order valence-electron chi connectivity index (χ1n) is 4.27. The van der Waals surface area contributed by atoms with Crippen molar-refractivity contribution in [3.63, 3.8) is 0 Å². The highest BCUT2D eigenvalue weighted by atomic mass is 15.2. The van der Waals surface area contributed by atoms with E-state index in [-0.39, 0.29) is 6.04 Å². The van der Waals surface area contributed by atoms with Gasteiger partial charge in [-0.1, -0.05) is 5.92 Å². The molecule has 0 amide bonds. The molecule has 2 heterocycles. The van der Waals surface area contributed by atoms with Crippen LogP contribution in [0.1, 0.15) is 11.6 Å². The molecule has 1 unspecified atom stereocenters. The molecule has 4 nitrogen and oxygen atoms in total. The first-order chi connectivity index (χ1) is 6.86. The van der Waals surface area contributed by atoms with E-state index in [1.165, 1.54) is 0 Å². The Labute approximate surface area is 82.0 Å². The first-order valence-corrected chi connectivity index (χ1v) is 4.27. The average molecular weight is 186 g/mol. The van der Waals surface area contributed by atoms with Crippen molar-refractivity contribution in [2.24, 2.45) is 0 Å². The number of rotatable bonds is 2. The zero-order chi connectivity index (χ0) is 9.97. The van der Waals surface area contributed by atoms with Gasteiger partial charge in [0.2, 0.25) is 0 Å². The average Bonchev–Trinajstić information content (AvgIpc) is 2.65. The van der Waals surface area contributed by atoms with E-state index >= 15 is 0 Å². The number of nitrogens with one attached hydrogen (secondary N) is 1. The molecule has 1 N–H and O–H groups in total. The molecule has 2 rings (SSSR count). The Morgan fingerprint density at radius 3 is 3.14 bits per heavy atom. The highest BCUT2D eigenvalue weighted by Gasteiger charge is 2.11. The van der Waals surface area contributed by atoms with Crippen molar-refractivity contribution in [3.05, 3.63) is 30.4 Å². The summed E-state index contributed by atoms with van der Waals surface area (Å²) < 4.78 is 1.75. The van der Waals surface area contributed by atoms with E-state index in [0.717, 1.165) is 11.1 Å². The van der Waals surface area contributed by atoms with Gasteiger partial charge < -0.3 is 5.32 Å². The fourth-order valence-corrected chi connectivity index (χ4v) is 1.40. The molecule has 0 aliphatic rings. The summed E-state index contributed by atoms with van der Waals surface area (Å²) in [4.78, 5) is 4.04. The Morgan fingerprint density at radius 2 is 2.43 bits per heavy atom. The van der Waals surface area contributed by atoms with E-state index in [2.05, 4.69) is 21.3 Å². The van der Waals surface area contributed by atoms with E-state index in [1.807, 2.05) is 7.05 Å². The predicted octanol–water partition coefficient (Wildman–Crippen LogP) is 0.623. The Balaban J connectivity index is 2.59. The maximum absolute atomic E-state index is 5.40. The third kappa shape index (κ3) is 1.24. The van der Waals surface area contributed by atoms with E-state index in [0.29, 0.717) is 0 Å². The van der Waals surface area contributed by atoms with E-state index in [9.17, 15) is 0 Å². The van der Waals surface area contributed by atoms with Gasteiger partial charge in [-0.2, -0.15) is 5.10 Å². The Morgan fingerprint density at radius 1 is 1.57 bits per heavy atom. The summed E-state index contributed by atoms with van der Waals surface area (Å²) in [5, 5.41) is 7.21. The molecule has 0 fully saturated rings. The van der Waals surface area contributed by atoms with Crippen molar-refractivity contribution < 1.29 is 0 Å². The SMILES string of the molecule is C#CC(NC)c1cnn2ccncc12. The van der Waals surface area contributed by atoms with Crippen molar-refractivity contribution >= 4 is 5.52 Å². The van der Waals surface area contributed by atoms with E-state index in [1.54, 1.807) is 29.3 Å². The van der Waals surface area contributed by atoms with Crippen LogP contribution < -0.4 is 5.32 Å². The van der Waals surface area contributed by atoms with Crippen LogP contribution in [0.15, 0.2) is 24.8 Å². The third-order valence-corrected chi connectivity index (χ3v) is 2.12. The fraction of sp³-hybridized carbons (Fsp3) is 0.200. The van der Waals surface area contributed by atoms with Crippen LogP contribution in [0.3, 0.4) is 0 Å². The molecule has 0 spiro atoms. The Bertz CT molecular complexity index is 480. The van der Waals surface area contributed by atoms with Crippen LogP contribution in [0.4, 0.5) is 0 Å². The van der Waals surface area contributed by atoms with Crippen LogP contribution in [0.5, 0.6) is 0 Å². The molecule has 0 saturated heterocycles. The fourth-order valence-electron chi connectivity index (χ4n) is 1.40. The lowest BCUT2D eigenvalue weighted by molar-refractivity contribution is 0.741. The lowest BCUT2D eigenvalue weighted by Crippen LogP contribution is -2.13. The van der Waals surface area contributed by atoms with Gasteiger partial charge in [0, 0.05) is 18.0 Å². The van der Waals surface area contributed by atoms with Crippen LogP contribution in [0, 0.1) is 12.3 Å². The predicted molar refractivity (Wildman–Crippen MR) is 53.6 cm³/mol. The summed E-state index contributed by atoms with van der Waals surface area (Å²) >= 11 is 0. The van der Waals surface area contributed by atoms with Gasteiger partial charge in [-0.25, -0.2) is 4.52 Å². The highest BCUT2D eigenvalue weighted by molar-refractivity contribution is 5.54. The minimum Gasteiger partial charge on any atom is -0.303 e. The lowest BCUT2D eigenvalue weighted by atomic mass is 10.1. The number of hydrogen-bond acceptors (Lipinski definition) is 3. The summed E-state index contributed by atoms with van der Waals surface area (Å²) in [6.07, 6.45) is 12.4. The molecule has 0 aromatic carbocycles. The van der Waals surface area contributed by atoms with Crippen LogP contribution in [-0.2, 0) is 0 Å². The summed E-state index contributed by atoms with van der Waals surface area (Å²) in [6.45, 7) is 0. The van der Waals surface area contributed by atoms with Gasteiger partial charge in [0.15, 0.2) is 0 Å². The molecular weight excluding hydrogens is 176 g/mol. The zero-order valence-electron chi connectivity index (χ0n) is 7.81. The van der Waals surface area contributed by atoms with Crippen molar-refractivity contribution in [3.8, 4) is 12.3 Å². The van der Waals surface area contributed by atoms with Gasteiger partial charge in [-0.05, 0) is 7.05 Å². The smallest absolute Gasteiger partial charge is 0.0978 e. The number of aromatic nitrogens is 3. The van der Waals surface area contributed by atoms with Crippen LogP contribution >= 0.6 is 0 Å². The molecule has 0 radical (unpaired) electrons. The van der Waals surface area contributed by atoms with Gasteiger partial charge in [0.05, 0.1) is 24.0 Å². The normalized spacial score (nSPS) is 12.6. The number of terminal acetylenes is 1. The van der Waals surface area contributed by atoms with Crippen molar-refractivity contribution in [2.45, 2.75) is 6.04 Å². The molecule has 0 aliphatic heterocycles. The molecule has 0 bridgehead atoms. The summed E-state index contributed by atoms with van der Waals surface area (Å²) in [5.41, 5.74) is 1.91. The molecular formula is C10H10N4. The molecule has 1 atom stereocenters. The number of nitrogens with zero attached hydrogens (tertiary/aromatic N) is 3. The van der Waals surface area contributed by atoms with E-state index < -0.39 is 0 Å². The highest BCUT2D eigenvalue weighted by Crippen LogP contribution is 2.16. The molecule has 70 valence electrons. The largest absolute Gasteiger partial charge is 0.303 e. The molecule has 14 heavy (non-hydrogen) atoms. The topological polar surface area (TPSA) is 42.2 Å². The number of fused-ring (bicyclic) bond motifs is 1. The molecule has 4 heteroatoms. The van der Waals surface area contributed by atoms with Crippen molar-refractivity contribution in [1.29, 1.82) is 0 Å². The molecule has 2 aromatic heterocycles. The first kappa shape index (κ1) is 8.73. The summed E-state index contributed by atoms with van der Waals surface area (Å²) in [5.74, 6) is 2.65. The second kappa shape index (κ2) is 3.48. The zero-order valence-corrected chi connectivity index (χ0v) is 7.81. The van der Waals surface area contributed by atoms with Crippen LogP contribution in [0.2, 0.25) is 0 Å². The molecule has 0 aliphatic carbocycles. The van der Waals surface area contributed by atoms with Gasteiger partial charge in [0.1, 0.15) is 0 Å². The summed E-state index contributed by atoms with van der Waals surface area (Å²) in [6, 6.07) is -0.114. The molecule has 0 saturated carbocycles. The maximum Gasteiger partial charge on any atom is 0.0978 e. The van der Waals surface area contributed by atoms with Crippen LogP contribution in [0.25, 0.3) is 5.52 Å². The quantitative estimate of drug-likeness (QED) is 0.699. The Hall–Kier alpha value is -1.86. The Kier molecular flexibility index (Phi) is 2.17. The minimum atomic E-state index is -0.114. The van der Waals surface area contributed by atoms with Crippen LogP contribution in [-0.4, -0.2) is 21.6 Å². The number of hydrogen-bond donors (Lipinski definition) is 1. The lowest BCUT2D eigenvalue weighted by Gasteiger charge is -2.06. The van der Waals surface area contributed by atoms with Crippen molar-refractivity contribution in [1.82, 2.24) is 19.9 Å². The third-order valence-electron chi connectivity index (χ3n) is 2.12. The summed E-state index contributed by atoms with van der Waals surface area (Å²) in [7, 11) is 1.82. The molecule has 2 aromatic rings. The van der Waals surface area contributed by atoms with E-state index in [4.69, 9.17) is 6.42 Å². The van der Waals surface area contributed by atoms with Gasteiger partial charge in [-0.3, -0.25) is 4.98 Å².